The molecule has 1 N–H and O–H groups in total. The minimum absolute atomic E-state index is 0.110. The average molecular weight is 449 g/mol. The number of carbonyl (C=O) groups is 1. The highest BCUT2D eigenvalue weighted by Gasteiger charge is 2.28. The Morgan fingerprint density at radius 3 is 2.72 bits per heavy atom. The van der Waals surface area contributed by atoms with E-state index in [1.54, 1.807) is 6.26 Å². The molecule has 1 aromatic carbocycles. The van der Waals surface area contributed by atoms with Crippen molar-refractivity contribution in [2.24, 2.45) is 0 Å². The number of thioether (sulfide) groups is 1. The van der Waals surface area contributed by atoms with E-state index in [9.17, 15) is 4.79 Å². The van der Waals surface area contributed by atoms with Crippen LogP contribution >= 0.6 is 11.8 Å². The Labute approximate surface area is 190 Å². The van der Waals surface area contributed by atoms with E-state index < -0.39 is 0 Å². The summed E-state index contributed by atoms with van der Waals surface area (Å²) in [6.07, 6.45) is 3.95. The molecule has 9 heteroatoms. The smallest absolute Gasteiger partial charge is 0.236 e. The van der Waals surface area contributed by atoms with Gasteiger partial charge in [-0.25, -0.2) is 4.68 Å². The Morgan fingerprint density at radius 1 is 1.22 bits per heavy atom. The molecule has 1 saturated carbocycles. The summed E-state index contributed by atoms with van der Waals surface area (Å²) >= 11 is 1.37. The second-order valence-electron chi connectivity index (χ2n) is 7.75. The summed E-state index contributed by atoms with van der Waals surface area (Å²) in [6.45, 7) is 4.63. The second kappa shape index (κ2) is 8.66. The van der Waals surface area contributed by atoms with Crippen LogP contribution in [-0.2, 0) is 11.3 Å². The van der Waals surface area contributed by atoms with Crippen LogP contribution in [0, 0.1) is 6.92 Å². The van der Waals surface area contributed by atoms with E-state index in [2.05, 4.69) is 15.5 Å². The zero-order valence-corrected chi connectivity index (χ0v) is 18.8. The maximum Gasteiger partial charge on any atom is 0.236 e. The van der Waals surface area contributed by atoms with E-state index in [-0.39, 0.29) is 11.7 Å². The van der Waals surface area contributed by atoms with Crippen LogP contribution in [0.15, 0.2) is 58.3 Å². The molecule has 0 radical (unpaired) electrons. The van der Waals surface area contributed by atoms with Gasteiger partial charge in [0.2, 0.25) is 5.91 Å². The summed E-state index contributed by atoms with van der Waals surface area (Å²) in [5, 5.41) is 17.1. The summed E-state index contributed by atoms with van der Waals surface area (Å²) in [7, 11) is 0. The molecule has 3 aromatic heterocycles. The Balaban J connectivity index is 1.31. The topological polar surface area (TPSA) is 90.8 Å². The molecule has 164 valence electrons. The Morgan fingerprint density at radius 2 is 2.03 bits per heavy atom. The van der Waals surface area contributed by atoms with Gasteiger partial charge in [-0.15, -0.1) is 10.2 Å². The lowest BCUT2D eigenvalue weighted by Crippen LogP contribution is -2.17. The molecule has 0 bridgehead atoms. The van der Waals surface area contributed by atoms with Crippen LogP contribution in [0.2, 0.25) is 0 Å². The quantitative estimate of drug-likeness (QED) is 0.394. The highest BCUT2D eigenvalue weighted by molar-refractivity contribution is 7.99. The molecule has 0 spiro atoms. The molecule has 0 unspecified atom stereocenters. The normalized spacial score (nSPS) is 13.4. The molecule has 1 fully saturated rings. The zero-order valence-electron chi connectivity index (χ0n) is 18.0. The standard InChI is InChI=1S/C23H24N6O2S/c1-3-28-22(18-11-12-31-15(18)2)25-26-23(28)32-14-21(30)24-20-13-19(16-9-10-16)27-29(20)17-7-5-4-6-8-17/h4-8,11-13,16H,3,9-10,14H2,1-2H3,(H,24,30). The number of nitrogens with zero attached hydrogens (tertiary/aromatic N) is 5. The lowest BCUT2D eigenvalue weighted by atomic mass is 10.2. The van der Waals surface area contributed by atoms with E-state index in [0.717, 1.165) is 41.4 Å². The number of aryl methyl sites for hydroxylation is 1. The predicted molar refractivity (Wildman–Crippen MR) is 123 cm³/mol. The van der Waals surface area contributed by atoms with Crippen molar-refractivity contribution >= 4 is 23.5 Å². The SMILES string of the molecule is CCn1c(SCC(=O)Nc2cc(C3CC3)nn2-c2ccccc2)nnc1-c1ccoc1C. The van der Waals surface area contributed by atoms with Gasteiger partial charge in [0.05, 0.1) is 29.0 Å². The number of aromatic nitrogens is 5. The van der Waals surface area contributed by atoms with Crippen molar-refractivity contribution in [3.8, 4) is 17.1 Å². The molecular weight excluding hydrogens is 424 g/mol. The minimum Gasteiger partial charge on any atom is -0.469 e. The van der Waals surface area contributed by atoms with Gasteiger partial charge in [-0.3, -0.25) is 4.79 Å². The van der Waals surface area contributed by atoms with Crippen molar-refractivity contribution in [1.82, 2.24) is 24.5 Å². The van der Waals surface area contributed by atoms with Crippen LogP contribution in [-0.4, -0.2) is 36.2 Å². The van der Waals surface area contributed by atoms with Gasteiger partial charge < -0.3 is 14.3 Å². The van der Waals surface area contributed by atoms with Gasteiger partial charge in [0.25, 0.3) is 0 Å². The molecule has 0 atom stereocenters. The number of hydrogen-bond acceptors (Lipinski definition) is 6. The lowest BCUT2D eigenvalue weighted by Gasteiger charge is -2.09. The minimum atomic E-state index is -0.110. The van der Waals surface area contributed by atoms with Gasteiger partial charge in [-0.2, -0.15) is 5.10 Å². The molecule has 8 nitrogen and oxygen atoms in total. The van der Waals surface area contributed by atoms with E-state index in [0.29, 0.717) is 23.4 Å². The van der Waals surface area contributed by atoms with E-state index in [4.69, 9.17) is 9.52 Å². The first-order valence-corrected chi connectivity index (χ1v) is 11.7. The molecule has 0 aliphatic heterocycles. The molecule has 5 rings (SSSR count). The largest absolute Gasteiger partial charge is 0.469 e. The number of rotatable bonds is 8. The maximum absolute atomic E-state index is 12.8. The van der Waals surface area contributed by atoms with Gasteiger partial charge in [0.15, 0.2) is 11.0 Å². The van der Waals surface area contributed by atoms with Crippen molar-refractivity contribution in [3.63, 3.8) is 0 Å². The number of anilines is 1. The van der Waals surface area contributed by atoms with Crippen molar-refractivity contribution < 1.29 is 9.21 Å². The summed E-state index contributed by atoms with van der Waals surface area (Å²) in [5.74, 6) is 2.84. The molecule has 0 saturated heterocycles. The van der Waals surface area contributed by atoms with E-state index in [1.165, 1.54) is 11.8 Å². The predicted octanol–water partition coefficient (Wildman–Crippen LogP) is 4.66. The highest BCUT2D eigenvalue weighted by Crippen LogP contribution is 2.40. The summed E-state index contributed by atoms with van der Waals surface area (Å²) in [4.78, 5) is 12.8. The van der Waals surface area contributed by atoms with Gasteiger partial charge >= 0.3 is 0 Å². The Bertz CT molecular complexity index is 1240. The first-order chi connectivity index (χ1) is 15.6. The van der Waals surface area contributed by atoms with Crippen LogP contribution in [0.1, 0.15) is 37.1 Å². The number of carbonyl (C=O) groups excluding carboxylic acids is 1. The van der Waals surface area contributed by atoms with Crippen LogP contribution in [0.4, 0.5) is 5.82 Å². The molecule has 3 heterocycles. The molecule has 4 aromatic rings. The van der Waals surface area contributed by atoms with Gasteiger partial charge in [0, 0.05) is 18.5 Å². The first-order valence-electron chi connectivity index (χ1n) is 10.7. The van der Waals surface area contributed by atoms with Crippen LogP contribution in [0.25, 0.3) is 17.1 Å². The highest BCUT2D eigenvalue weighted by atomic mass is 32.2. The van der Waals surface area contributed by atoms with Crippen molar-refractivity contribution in [1.29, 1.82) is 0 Å². The van der Waals surface area contributed by atoms with E-state index >= 15 is 0 Å². The van der Waals surface area contributed by atoms with Crippen molar-refractivity contribution in [2.75, 3.05) is 11.1 Å². The third kappa shape index (κ3) is 4.08. The fourth-order valence-corrected chi connectivity index (χ4v) is 4.44. The number of para-hydroxylation sites is 1. The monoisotopic (exact) mass is 448 g/mol. The third-order valence-corrected chi connectivity index (χ3v) is 6.42. The number of amides is 1. The summed E-state index contributed by atoms with van der Waals surface area (Å²) in [6, 6.07) is 13.7. The third-order valence-electron chi connectivity index (χ3n) is 5.46. The zero-order chi connectivity index (χ0) is 22.1. The maximum atomic E-state index is 12.8. The summed E-state index contributed by atoms with van der Waals surface area (Å²) < 4.78 is 9.21. The molecular formula is C23H24N6O2S. The second-order valence-corrected chi connectivity index (χ2v) is 8.70. The van der Waals surface area contributed by atoms with Gasteiger partial charge in [-0.05, 0) is 44.9 Å². The molecule has 1 aliphatic carbocycles. The number of hydrogen-bond donors (Lipinski definition) is 1. The summed E-state index contributed by atoms with van der Waals surface area (Å²) in [5.41, 5.74) is 2.87. The molecule has 32 heavy (non-hydrogen) atoms. The number of furan rings is 1. The Hall–Kier alpha value is -3.33. The average Bonchev–Trinajstić information content (AvgIpc) is 3.24. The van der Waals surface area contributed by atoms with Crippen LogP contribution in [0.3, 0.4) is 0 Å². The fourth-order valence-electron chi connectivity index (χ4n) is 3.64. The van der Waals surface area contributed by atoms with Gasteiger partial charge in [0.1, 0.15) is 11.6 Å². The van der Waals surface area contributed by atoms with Crippen LogP contribution < -0.4 is 5.32 Å². The van der Waals surface area contributed by atoms with Crippen molar-refractivity contribution in [3.05, 3.63) is 60.2 Å². The van der Waals surface area contributed by atoms with E-state index in [1.807, 2.05) is 65.6 Å². The number of benzene rings is 1. The van der Waals surface area contributed by atoms with Crippen LogP contribution in [0.5, 0.6) is 0 Å². The van der Waals surface area contributed by atoms with Gasteiger partial charge in [-0.1, -0.05) is 30.0 Å². The lowest BCUT2D eigenvalue weighted by molar-refractivity contribution is -0.113. The Kier molecular flexibility index (Phi) is 5.57. The fraction of sp³-hybridized carbons (Fsp3) is 0.304. The first kappa shape index (κ1) is 20.6. The van der Waals surface area contributed by atoms with Crippen molar-refractivity contribution in [2.45, 2.75) is 44.3 Å². The molecule has 1 amide bonds. The molecule has 1 aliphatic rings. The number of nitrogens with one attached hydrogen (secondary N) is 1.